The number of carbonyl (C=O) groups is 1. The van der Waals surface area contributed by atoms with Crippen LogP contribution < -0.4 is 11.5 Å². The van der Waals surface area contributed by atoms with Crippen LogP contribution in [0.4, 0.5) is 0 Å². The molecule has 1 amide bonds. The smallest absolute Gasteiger partial charge is 0.223 e. The molecule has 0 aromatic carbocycles. The summed E-state index contributed by atoms with van der Waals surface area (Å²) in [6.07, 6.45) is 1.55. The highest BCUT2D eigenvalue weighted by Gasteiger charge is 2.40. The van der Waals surface area contributed by atoms with Crippen molar-refractivity contribution in [2.24, 2.45) is 17.4 Å². The number of carbonyl (C=O) groups excluding carboxylic acids is 1. The number of nitrogens with two attached hydrogens (primary N) is 2. The van der Waals surface area contributed by atoms with E-state index in [1.165, 1.54) is 4.31 Å². The van der Waals surface area contributed by atoms with Crippen LogP contribution in [0.5, 0.6) is 0 Å². The van der Waals surface area contributed by atoms with Gasteiger partial charge in [0.15, 0.2) is 0 Å². The molecule has 6 nitrogen and oxygen atoms in total. The first kappa shape index (κ1) is 16.3. The summed E-state index contributed by atoms with van der Waals surface area (Å²) in [4.78, 5) is 11.2. The van der Waals surface area contributed by atoms with Crippen molar-refractivity contribution >= 4 is 33.1 Å². The molecule has 0 spiro atoms. The predicted octanol–water partition coefficient (Wildman–Crippen LogP) is -0.0333. The molecule has 3 atom stereocenters. The van der Waals surface area contributed by atoms with Gasteiger partial charge in [-0.05, 0) is 26.2 Å². The van der Waals surface area contributed by atoms with Gasteiger partial charge in [-0.1, -0.05) is 19.1 Å². The fraction of sp³-hybridized carbons (Fsp3) is 0.818. The van der Waals surface area contributed by atoms with Crippen molar-refractivity contribution in [2.45, 2.75) is 44.4 Å². The molecule has 4 N–H and O–H groups in total. The van der Waals surface area contributed by atoms with Gasteiger partial charge in [-0.3, -0.25) is 4.79 Å². The fourth-order valence-electron chi connectivity index (χ4n) is 2.38. The second-order valence-corrected chi connectivity index (χ2v) is 7.48. The highest BCUT2D eigenvalue weighted by molar-refractivity contribution is 7.92. The molecule has 0 radical (unpaired) electrons. The van der Waals surface area contributed by atoms with Crippen LogP contribution in [0.15, 0.2) is 0 Å². The van der Waals surface area contributed by atoms with E-state index in [9.17, 15) is 13.2 Å². The molecule has 1 saturated heterocycles. The van der Waals surface area contributed by atoms with Crippen molar-refractivity contribution in [3.8, 4) is 0 Å². The molecule has 0 aromatic heterocycles. The number of sulfonamides is 1. The van der Waals surface area contributed by atoms with E-state index < -0.39 is 27.1 Å². The number of hydrogen-bond donors (Lipinski definition) is 2. The van der Waals surface area contributed by atoms with Gasteiger partial charge in [0.1, 0.15) is 5.25 Å². The lowest BCUT2D eigenvalue weighted by Gasteiger charge is -2.37. The van der Waals surface area contributed by atoms with Gasteiger partial charge in [-0.25, -0.2) is 8.42 Å². The normalized spacial score (nSPS) is 26.8. The Balaban J connectivity index is 3.03. The van der Waals surface area contributed by atoms with Gasteiger partial charge < -0.3 is 11.5 Å². The molecular weight excluding hydrogens is 286 g/mol. The maximum atomic E-state index is 12.5. The first-order chi connectivity index (χ1) is 8.71. The summed E-state index contributed by atoms with van der Waals surface area (Å²) >= 11 is 4.83. The number of nitrogens with zero attached hydrogens (tertiary/aromatic N) is 1. The van der Waals surface area contributed by atoms with Crippen LogP contribution in [0, 0.1) is 5.92 Å². The largest absolute Gasteiger partial charge is 0.392 e. The van der Waals surface area contributed by atoms with Gasteiger partial charge in [0, 0.05) is 12.6 Å². The number of thiocarbonyl (C=S) groups is 1. The van der Waals surface area contributed by atoms with Crippen LogP contribution in [0.2, 0.25) is 0 Å². The summed E-state index contributed by atoms with van der Waals surface area (Å²) in [5, 5.41) is -0.878. The van der Waals surface area contributed by atoms with E-state index in [2.05, 4.69) is 0 Å². The molecule has 1 aliphatic heterocycles. The van der Waals surface area contributed by atoms with Crippen LogP contribution in [-0.2, 0) is 14.8 Å². The summed E-state index contributed by atoms with van der Waals surface area (Å²) in [6.45, 7) is 3.67. The maximum Gasteiger partial charge on any atom is 0.223 e. The lowest BCUT2D eigenvalue weighted by molar-refractivity contribution is -0.123. The lowest BCUT2D eigenvalue weighted by Crippen LogP contribution is -2.53. The Bertz CT molecular complexity index is 464. The quantitative estimate of drug-likeness (QED) is 0.694. The Hall–Kier alpha value is -0.730. The van der Waals surface area contributed by atoms with E-state index in [0.29, 0.717) is 19.3 Å². The Kier molecular flexibility index (Phi) is 5.28. The van der Waals surface area contributed by atoms with E-state index in [4.69, 9.17) is 23.7 Å². The van der Waals surface area contributed by atoms with Crippen molar-refractivity contribution in [3.63, 3.8) is 0 Å². The second kappa shape index (κ2) is 6.15. The summed E-state index contributed by atoms with van der Waals surface area (Å²) in [5.41, 5.74) is 10.8. The van der Waals surface area contributed by atoms with Crippen molar-refractivity contribution < 1.29 is 13.2 Å². The number of rotatable bonds is 5. The van der Waals surface area contributed by atoms with Gasteiger partial charge in [0.25, 0.3) is 0 Å². The van der Waals surface area contributed by atoms with Crippen LogP contribution >= 0.6 is 12.2 Å². The fourth-order valence-corrected chi connectivity index (χ4v) is 4.95. The molecule has 0 aromatic rings. The van der Waals surface area contributed by atoms with E-state index in [1.807, 2.05) is 6.92 Å². The Morgan fingerprint density at radius 1 is 1.42 bits per heavy atom. The van der Waals surface area contributed by atoms with Crippen LogP contribution in [0.25, 0.3) is 0 Å². The third kappa shape index (κ3) is 3.43. The van der Waals surface area contributed by atoms with Gasteiger partial charge in [-0.2, -0.15) is 4.31 Å². The summed E-state index contributed by atoms with van der Waals surface area (Å²) in [7, 11) is -3.63. The molecule has 0 aliphatic carbocycles. The van der Waals surface area contributed by atoms with Gasteiger partial charge in [0.2, 0.25) is 15.9 Å². The van der Waals surface area contributed by atoms with E-state index in [1.54, 1.807) is 6.92 Å². The minimum absolute atomic E-state index is 0.0316. The lowest BCUT2D eigenvalue weighted by atomic mass is 9.95. The van der Waals surface area contributed by atoms with Crippen LogP contribution in [-0.4, -0.2) is 41.5 Å². The van der Waals surface area contributed by atoms with Gasteiger partial charge >= 0.3 is 0 Å². The minimum Gasteiger partial charge on any atom is -0.392 e. The highest BCUT2D eigenvalue weighted by atomic mass is 32.2. The predicted molar refractivity (Wildman–Crippen MR) is 77.9 cm³/mol. The third-order valence-electron chi connectivity index (χ3n) is 3.60. The monoisotopic (exact) mass is 307 g/mol. The Morgan fingerprint density at radius 3 is 2.42 bits per heavy atom. The summed E-state index contributed by atoms with van der Waals surface area (Å²) < 4.78 is 26.4. The Morgan fingerprint density at radius 2 is 2.00 bits per heavy atom. The Labute approximate surface area is 119 Å². The zero-order valence-electron chi connectivity index (χ0n) is 11.2. The number of amides is 1. The first-order valence-corrected chi connectivity index (χ1v) is 8.22. The van der Waals surface area contributed by atoms with Crippen LogP contribution in [0.1, 0.15) is 33.1 Å². The number of piperidine rings is 1. The van der Waals surface area contributed by atoms with Gasteiger partial charge in [-0.15, -0.1) is 0 Å². The molecule has 110 valence electrons. The SMILES string of the molecule is CCC(C(N)=S)S(=O)(=O)N1CC(C(N)=O)CCC1C. The molecule has 1 aliphatic rings. The standard InChI is InChI=1S/C11H21N3O3S2/c1-3-9(11(13)18)19(16,17)14-6-8(10(12)15)5-4-7(14)2/h7-9H,3-6H2,1-2H3,(H2,12,15)(H2,13,18). The minimum atomic E-state index is -3.63. The molecule has 0 bridgehead atoms. The summed E-state index contributed by atoms with van der Waals surface area (Å²) in [6, 6.07) is -0.163. The first-order valence-electron chi connectivity index (χ1n) is 6.31. The van der Waals surface area contributed by atoms with E-state index in [0.717, 1.165) is 0 Å². The zero-order chi connectivity index (χ0) is 14.8. The van der Waals surface area contributed by atoms with Gasteiger partial charge in [0.05, 0.1) is 10.9 Å². The number of primary amides is 1. The van der Waals surface area contributed by atoms with Crippen molar-refractivity contribution in [1.82, 2.24) is 4.31 Å². The van der Waals surface area contributed by atoms with Crippen LogP contribution in [0.3, 0.4) is 0 Å². The van der Waals surface area contributed by atoms with E-state index in [-0.39, 0.29) is 17.6 Å². The second-order valence-electron chi connectivity index (χ2n) is 4.94. The highest BCUT2D eigenvalue weighted by Crippen LogP contribution is 2.27. The van der Waals surface area contributed by atoms with Crippen molar-refractivity contribution in [3.05, 3.63) is 0 Å². The molecule has 1 heterocycles. The van der Waals surface area contributed by atoms with E-state index >= 15 is 0 Å². The van der Waals surface area contributed by atoms with Crippen molar-refractivity contribution in [1.29, 1.82) is 0 Å². The molecule has 1 rings (SSSR count). The molecule has 0 saturated carbocycles. The topological polar surface area (TPSA) is 106 Å². The molecular formula is C11H21N3O3S2. The summed E-state index contributed by atoms with van der Waals surface area (Å²) in [5.74, 6) is -0.898. The molecule has 3 unspecified atom stereocenters. The molecule has 19 heavy (non-hydrogen) atoms. The average Bonchev–Trinajstić information content (AvgIpc) is 2.28. The number of hydrogen-bond acceptors (Lipinski definition) is 4. The van der Waals surface area contributed by atoms with Crippen molar-refractivity contribution in [2.75, 3.05) is 6.54 Å². The maximum absolute atomic E-state index is 12.5. The average molecular weight is 307 g/mol. The zero-order valence-corrected chi connectivity index (χ0v) is 12.8. The molecule has 8 heteroatoms. The molecule has 1 fully saturated rings. The third-order valence-corrected chi connectivity index (χ3v) is 6.50.